The first kappa shape index (κ1) is 15.5. The van der Waals surface area contributed by atoms with E-state index in [2.05, 4.69) is 10.4 Å². The quantitative estimate of drug-likeness (QED) is 0.877. The second-order valence-electron chi connectivity index (χ2n) is 4.23. The third-order valence-corrected chi connectivity index (χ3v) is 3.28. The molecule has 1 aromatic carbocycles. The van der Waals surface area contributed by atoms with Crippen LogP contribution in [0, 0.1) is 5.82 Å². The molecule has 5 nitrogen and oxygen atoms in total. The Labute approximate surface area is 129 Å². The molecule has 2 aromatic rings. The molecule has 0 fully saturated rings. The number of nitrogens with zero attached hydrogens (tertiary/aromatic N) is 2. The van der Waals surface area contributed by atoms with E-state index < -0.39 is 17.5 Å². The SMILES string of the molecule is CC(=O)C(=O)Nc1nn(Cc2c(F)cccc2Cl)cc1Cl. The van der Waals surface area contributed by atoms with Gasteiger partial charge in [-0.25, -0.2) is 4.39 Å². The van der Waals surface area contributed by atoms with E-state index in [4.69, 9.17) is 23.2 Å². The number of amides is 1. The van der Waals surface area contributed by atoms with Crippen molar-refractivity contribution in [3.05, 3.63) is 45.8 Å². The number of ketones is 1. The van der Waals surface area contributed by atoms with E-state index in [1.54, 1.807) is 6.07 Å². The topological polar surface area (TPSA) is 64.0 Å². The maximum atomic E-state index is 13.7. The number of benzene rings is 1. The van der Waals surface area contributed by atoms with Crippen LogP contribution in [0.5, 0.6) is 0 Å². The molecule has 0 unspecified atom stereocenters. The van der Waals surface area contributed by atoms with Gasteiger partial charge in [0.1, 0.15) is 10.8 Å². The van der Waals surface area contributed by atoms with Gasteiger partial charge in [0.2, 0.25) is 5.78 Å². The van der Waals surface area contributed by atoms with Crippen molar-refractivity contribution in [3.63, 3.8) is 0 Å². The summed E-state index contributed by atoms with van der Waals surface area (Å²) < 4.78 is 15.0. The number of anilines is 1. The molecule has 0 aliphatic carbocycles. The molecule has 1 amide bonds. The lowest BCUT2D eigenvalue weighted by Gasteiger charge is -2.05. The van der Waals surface area contributed by atoms with Crippen molar-refractivity contribution in [2.24, 2.45) is 0 Å². The number of carbonyl (C=O) groups is 2. The van der Waals surface area contributed by atoms with Crippen molar-refractivity contribution >= 4 is 40.7 Å². The molecule has 110 valence electrons. The van der Waals surface area contributed by atoms with Crippen molar-refractivity contribution in [2.75, 3.05) is 5.32 Å². The Morgan fingerprint density at radius 3 is 2.67 bits per heavy atom. The molecule has 0 bridgehead atoms. The maximum Gasteiger partial charge on any atom is 0.292 e. The van der Waals surface area contributed by atoms with Crippen LogP contribution in [0.3, 0.4) is 0 Å². The number of aromatic nitrogens is 2. The van der Waals surface area contributed by atoms with Gasteiger partial charge in [0.25, 0.3) is 5.91 Å². The summed E-state index contributed by atoms with van der Waals surface area (Å²) in [6.45, 7) is 1.17. The number of hydrogen-bond donors (Lipinski definition) is 1. The normalized spacial score (nSPS) is 10.5. The van der Waals surface area contributed by atoms with Gasteiger partial charge in [-0.15, -0.1) is 0 Å². The number of hydrogen-bond acceptors (Lipinski definition) is 3. The van der Waals surface area contributed by atoms with Crippen LogP contribution in [0.2, 0.25) is 10.0 Å². The van der Waals surface area contributed by atoms with Gasteiger partial charge in [0.05, 0.1) is 6.54 Å². The third kappa shape index (κ3) is 3.59. The van der Waals surface area contributed by atoms with Gasteiger partial charge in [0, 0.05) is 23.7 Å². The van der Waals surface area contributed by atoms with Crippen LogP contribution in [0.1, 0.15) is 12.5 Å². The Bertz CT molecular complexity index is 695. The molecule has 21 heavy (non-hydrogen) atoms. The smallest absolute Gasteiger partial charge is 0.292 e. The fraction of sp³-hybridized carbons (Fsp3) is 0.154. The number of halogens is 3. The van der Waals surface area contributed by atoms with Crippen LogP contribution >= 0.6 is 23.2 Å². The number of carbonyl (C=O) groups excluding carboxylic acids is 2. The monoisotopic (exact) mass is 329 g/mol. The standard InChI is InChI=1S/C13H10Cl2FN3O2/c1-7(20)13(21)17-12-10(15)6-19(18-12)5-8-9(14)3-2-4-11(8)16/h2-4,6H,5H2,1H3,(H,17,18,21). The average Bonchev–Trinajstić information content (AvgIpc) is 2.74. The van der Waals surface area contributed by atoms with Crippen LogP contribution in [0.25, 0.3) is 0 Å². The van der Waals surface area contributed by atoms with Crippen molar-refractivity contribution in [1.82, 2.24) is 9.78 Å². The van der Waals surface area contributed by atoms with Crippen LogP contribution in [-0.2, 0) is 16.1 Å². The molecule has 0 atom stereocenters. The molecule has 0 saturated carbocycles. The van der Waals surface area contributed by atoms with E-state index in [9.17, 15) is 14.0 Å². The molecule has 2 rings (SSSR count). The highest BCUT2D eigenvalue weighted by Gasteiger charge is 2.15. The van der Waals surface area contributed by atoms with Crippen LogP contribution in [0.4, 0.5) is 10.2 Å². The highest BCUT2D eigenvalue weighted by Crippen LogP contribution is 2.23. The molecule has 0 aliphatic rings. The number of nitrogens with one attached hydrogen (secondary N) is 1. The molecule has 0 spiro atoms. The van der Waals surface area contributed by atoms with E-state index in [1.165, 1.54) is 23.0 Å². The van der Waals surface area contributed by atoms with E-state index in [0.717, 1.165) is 6.92 Å². The zero-order chi connectivity index (χ0) is 15.6. The van der Waals surface area contributed by atoms with Crippen molar-refractivity contribution in [3.8, 4) is 0 Å². The van der Waals surface area contributed by atoms with Crippen molar-refractivity contribution in [2.45, 2.75) is 13.5 Å². The molecule has 0 aliphatic heterocycles. The van der Waals surface area contributed by atoms with Gasteiger partial charge in [-0.05, 0) is 12.1 Å². The summed E-state index contributed by atoms with van der Waals surface area (Å²) in [5.41, 5.74) is 0.253. The van der Waals surface area contributed by atoms with E-state index >= 15 is 0 Å². The molecular formula is C13H10Cl2FN3O2. The Morgan fingerprint density at radius 1 is 1.33 bits per heavy atom. The average molecular weight is 330 g/mol. The summed E-state index contributed by atoms with van der Waals surface area (Å²) in [5.74, 6) is -1.93. The Kier molecular flexibility index (Phi) is 4.59. The predicted molar refractivity (Wildman–Crippen MR) is 77.1 cm³/mol. The second-order valence-corrected chi connectivity index (χ2v) is 5.05. The van der Waals surface area contributed by atoms with E-state index in [-0.39, 0.29) is 28.0 Å². The largest absolute Gasteiger partial charge is 0.301 e. The van der Waals surface area contributed by atoms with Gasteiger partial charge < -0.3 is 5.32 Å². The lowest BCUT2D eigenvalue weighted by atomic mass is 10.2. The second kappa shape index (κ2) is 6.24. The zero-order valence-corrected chi connectivity index (χ0v) is 12.4. The van der Waals surface area contributed by atoms with Gasteiger partial charge >= 0.3 is 0 Å². The minimum atomic E-state index is -0.828. The lowest BCUT2D eigenvalue weighted by molar-refractivity contribution is -0.133. The fourth-order valence-corrected chi connectivity index (χ4v) is 2.02. The van der Waals surface area contributed by atoms with Crippen LogP contribution in [0.15, 0.2) is 24.4 Å². The van der Waals surface area contributed by atoms with Crippen LogP contribution < -0.4 is 5.32 Å². The Balaban J connectivity index is 2.23. The number of Topliss-reactive ketones (excluding diaryl/α,β-unsaturated/α-hetero) is 1. The summed E-state index contributed by atoms with van der Waals surface area (Å²) in [6, 6.07) is 4.34. The Hall–Kier alpha value is -1.92. The first-order chi connectivity index (χ1) is 9.88. The molecule has 8 heteroatoms. The fourth-order valence-electron chi connectivity index (χ4n) is 1.60. The Morgan fingerprint density at radius 2 is 2.05 bits per heavy atom. The molecular weight excluding hydrogens is 320 g/mol. The molecule has 0 saturated heterocycles. The summed E-state index contributed by atoms with van der Waals surface area (Å²) in [6.07, 6.45) is 1.40. The molecule has 1 N–H and O–H groups in total. The first-order valence-electron chi connectivity index (χ1n) is 5.86. The van der Waals surface area contributed by atoms with Gasteiger partial charge in [0.15, 0.2) is 5.82 Å². The van der Waals surface area contributed by atoms with Gasteiger partial charge in [-0.2, -0.15) is 5.10 Å². The molecule has 0 radical (unpaired) electrons. The van der Waals surface area contributed by atoms with Crippen LogP contribution in [-0.4, -0.2) is 21.5 Å². The van der Waals surface area contributed by atoms with Crippen molar-refractivity contribution < 1.29 is 14.0 Å². The maximum absolute atomic E-state index is 13.7. The minimum Gasteiger partial charge on any atom is -0.301 e. The van der Waals surface area contributed by atoms with Gasteiger partial charge in [-0.3, -0.25) is 14.3 Å². The minimum absolute atomic E-state index is 0.0318. The highest BCUT2D eigenvalue weighted by atomic mass is 35.5. The lowest BCUT2D eigenvalue weighted by Crippen LogP contribution is -2.20. The summed E-state index contributed by atoms with van der Waals surface area (Å²) in [7, 11) is 0. The van der Waals surface area contributed by atoms with Crippen molar-refractivity contribution in [1.29, 1.82) is 0 Å². The summed E-state index contributed by atoms with van der Waals surface area (Å²) >= 11 is 11.8. The number of rotatable bonds is 4. The molecule has 1 heterocycles. The highest BCUT2D eigenvalue weighted by molar-refractivity contribution is 6.41. The van der Waals surface area contributed by atoms with E-state index in [1.807, 2.05) is 0 Å². The predicted octanol–water partition coefficient (Wildman–Crippen LogP) is 2.90. The summed E-state index contributed by atoms with van der Waals surface area (Å²) in [4.78, 5) is 22.2. The third-order valence-electron chi connectivity index (χ3n) is 2.65. The zero-order valence-electron chi connectivity index (χ0n) is 10.9. The molecule has 1 aromatic heterocycles. The first-order valence-corrected chi connectivity index (χ1v) is 6.62. The van der Waals surface area contributed by atoms with Gasteiger partial charge in [-0.1, -0.05) is 29.3 Å². The van der Waals surface area contributed by atoms with E-state index in [0.29, 0.717) is 0 Å². The summed E-state index contributed by atoms with van der Waals surface area (Å²) in [5, 5.41) is 6.65.